The van der Waals surface area contributed by atoms with Crippen LogP contribution in [0.1, 0.15) is 16.8 Å². The molecule has 21 heavy (non-hydrogen) atoms. The van der Waals surface area contributed by atoms with Gasteiger partial charge in [0.25, 0.3) is 5.91 Å². The van der Waals surface area contributed by atoms with Crippen LogP contribution < -0.4 is 14.8 Å². The summed E-state index contributed by atoms with van der Waals surface area (Å²) >= 11 is 1.84. The summed E-state index contributed by atoms with van der Waals surface area (Å²) in [6, 6.07) is 5.28. The fourth-order valence-corrected chi connectivity index (χ4v) is 3.76. The fourth-order valence-electron chi connectivity index (χ4n) is 2.37. The molecule has 1 aromatic carbocycles. The Bertz CT molecular complexity index is 478. The highest BCUT2D eigenvalue weighted by molar-refractivity contribution is 7.99. The van der Waals surface area contributed by atoms with Crippen molar-refractivity contribution < 1.29 is 19.0 Å². The summed E-state index contributed by atoms with van der Waals surface area (Å²) in [6.07, 6.45) is 0.942. The van der Waals surface area contributed by atoms with Crippen LogP contribution in [-0.4, -0.2) is 50.9 Å². The molecule has 0 radical (unpaired) electrons. The molecule has 1 heterocycles. The van der Waals surface area contributed by atoms with Crippen molar-refractivity contribution in [3.63, 3.8) is 0 Å². The number of nitrogens with one attached hydrogen (secondary N) is 1. The molecule has 1 aromatic rings. The van der Waals surface area contributed by atoms with Crippen LogP contribution in [-0.2, 0) is 4.74 Å². The standard InChI is InChI=1S/C15H21NO4S/c1-18-11-5-4-6-12(19-2)13(11)14(17)16-9-15(20-3)7-8-21-10-15/h4-6H,7-10H2,1-3H3,(H,16,17). The Hall–Kier alpha value is -1.40. The first-order valence-corrected chi connectivity index (χ1v) is 7.93. The molecule has 1 N–H and O–H groups in total. The van der Waals surface area contributed by atoms with E-state index in [0.717, 1.165) is 17.9 Å². The fraction of sp³-hybridized carbons (Fsp3) is 0.533. The summed E-state index contributed by atoms with van der Waals surface area (Å²) in [6.45, 7) is 0.483. The van der Waals surface area contributed by atoms with E-state index in [2.05, 4.69) is 5.32 Å². The first kappa shape index (κ1) is 16.0. The van der Waals surface area contributed by atoms with E-state index in [9.17, 15) is 4.79 Å². The molecule has 1 amide bonds. The average molecular weight is 311 g/mol. The van der Waals surface area contributed by atoms with Gasteiger partial charge in [-0.25, -0.2) is 0 Å². The van der Waals surface area contributed by atoms with Gasteiger partial charge in [-0.05, 0) is 24.3 Å². The van der Waals surface area contributed by atoms with Crippen molar-refractivity contribution in [2.24, 2.45) is 0 Å². The largest absolute Gasteiger partial charge is 0.496 e. The zero-order valence-corrected chi connectivity index (χ0v) is 13.4. The number of methoxy groups -OCH3 is 3. The third-order valence-corrected chi connectivity index (χ3v) is 4.95. The van der Waals surface area contributed by atoms with Crippen LogP contribution in [0, 0.1) is 0 Å². The molecule has 2 rings (SSSR count). The summed E-state index contributed by atoms with van der Waals surface area (Å²) in [5, 5.41) is 2.94. The molecule has 0 spiro atoms. The lowest BCUT2D eigenvalue weighted by Crippen LogP contribution is -2.44. The van der Waals surface area contributed by atoms with Crippen LogP contribution in [0.15, 0.2) is 18.2 Å². The number of hydrogen-bond acceptors (Lipinski definition) is 5. The lowest BCUT2D eigenvalue weighted by Gasteiger charge is -2.27. The van der Waals surface area contributed by atoms with Crippen molar-refractivity contribution in [1.82, 2.24) is 5.32 Å². The summed E-state index contributed by atoms with van der Waals surface area (Å²) in [5.74, 6) is 2.74. The molecule has 1 saturated heterocycles. The Kier molecular flexibility index (Phi) is 5.36. The van der Waals surface area contributed by atoms with Gasteiger partial charge in [-0.1, -0.05) is 6.07 Å². The summed E-state index contributed by atoms with van der Waals surface area (Å²) in [4.78, 5) is 12.5. The van der Waals surface area contributed by atoms with E-state index in [1.165, 1.54) is 14.2 Å². The van der Waals surface area contributed by atoms with E-state index in [1.807, 2.05) is 11.8 Å². The van der Waals surface area contributed by atoms with E-state index in [4.69, 9.17) is 14.2 Å². The van der Waals surface area contributed by atoms with E-state index < -0.39 is 0 Å². The number of rotatable bonds is 6. The van der Waals surface area contributed by atoms with Crippen molar-refractivity contribution in [2.75, 3.05) is 39.4 Å². The molecule has 116 valence electrons. The number of amides is 1. The van der Waals surface area contributed by atoms with Gasteiger partial charge in [0.2, 0.25) is 0 Å². The van der Waals surface area contributed by atoms with Crippen molar-refractivity contribution in [3.05, 3.63) is 23.8 Å². The van der Waals surface area contributed by atoms with Crippen molar-refractivity contribution in [2.45, 2.75) is 12.0 Å². The first-order chi connectivity index (χ1) is 10.2. The van der Waals surface area contributed by atoms with Crippen LogP contribution in [0.5, 0.6) is 11.5 Å². The molecule has 1 unspecified atom stereocenters. The number of ether oxygens (including phenoxy) is 3. The molecule has 1 aliphatic heterocycles. The van der Waals surface area contributed by atoms with Gasteiger partial charge < -0.3 is 19.5 Å². The maximum Gasteiger partial charge on any atom is 0.258 e. The van der Waals surface area contributed by atoms with Crippen LogP contribution in [0.2, 0.25) is 0 Å². The molecular weight excluding hydrogens is 290 g/mol. The maximum atomic E-state index is 12.5. The molecule has 5 nitrogen and oxygen atoms in total. The number of thioether (sulfide) groups is 1. The van der Waals surface area contributed by atoms with Crippen molar-refractivity contribution >= 4 is 17.7 Å². The first-order valence-electron chi connectivity index (χ1n) is 6.78. The van der Waals surface area contributed by atoms with Crippen LogP contribution in [0.3, 0.4) is 0 Å². The van der Waals surface area contributed by atoms with Gasteiger partial charge in [-0.2, -0.15) is 11.8 Å². The van der Waals surface area contributed by atoms with Gasteiger partial charge >= 0.3 is 0 Å². The highest BCUT2D eigenvalue weighted by Gasteiger charge is 2.35. The Morgan fingerprint density at radius 3 is 2.43 bits per heavy atom. The number of benzene rings is 1. The average Bonchev–Trinajstić information content (AvgIpc) is 3.01. The highest BCUT2D eigenvalue weighted by atomic mass is 32.2. The molecule has 0 aromatic heterocycles. The van der Waals surface area contributed by atoms with E-state index in [0.29, 0.717) is 23.6 Å². The zero-order valence-electron chi connectivity index (χ0n) is 12.6. The zero-order chi connectivity index (χ0) is 15.3. The lowest BCUT2D eigenvalue weighted by atomic mass is 10.0. The smallest absolute Gasteiger partial charge is 0.258 e. The molecule has 1 fully saturated rings. The van der Waals surface area contributed by atoms with Gasteiger partial charge in [0.05, 0.1) is 19.8 Å². The van der Waals surface area contributed by atoms with Gasteiger partial charge in [-0.3, -0.25) is 4.79 Å². The second-order valence-corrected chi connectivity index (χ2v) is 6.02. The lowest BCUT2D eigenvalue weighted by molar-refractivity contribution is 0.0136. The number of carbonyl (C=O) groups is 1. The quantitative estimate of drug-likeness (QED) is 0.870. The van der Waals surface area contributed by atoms with E-state index in [1.54, 1.807) is 25.3 Å². The summed E-state index contributed by atoms with van der Waals surface area (Å²) in [7, 11) is 4.77. The molecule has 1 atom stereocenters. The number of carbonyl (C=O) groups excluding carboxylic acids is 1. The van der Waals surface area contributed by atoms with E-state index in [-0.39, 0.29) is 11.5 Å². The Labute approximate surface area is 129 Å². The monoisotopic (exact) mass is 311 g/mol. The van der Waals surface area contributed by atoms with Gasteiger partial charge in [0.15, 0.2) is 0 Å². The molecular formula is C15H21NO4S. The third-order valence-electron chi connectivity index (χ3n) is 3.73. The van der Waals surface area contributed by atoms with Crippen LogP contribution in [0.25, 0.3) is 0 Å². The number of hydrogen-bond donors (Lipinski definition) is 1. The third kappa shape index (κ3) is 3.44. The van der Waals surface area contributed by atoms with Gasteiger partial charge in [-0.15, -0.1) is 0 Å². The normalized spacial score (nSPS) is 21.1. The molecule has 0 bridgehead atoms. The second kappa shape index (κ2) is 7.04. The van der Waals surface area contributed by atoms with Gasteiger partial charge in [0, 0.05) is 19.4 Å². The Morgan fingerprint density at radius 1 is 1.29 bits per heavy atom. The minimum absolute atomic E-state index is 0.211. The highest BCUT2D eigenvalue weighted by Crippen LogP contribution is 2.31. The summed E-state index contributed by atoms with van der Waals surface area (Å²) < 4.78 is 16.1. The minimum Gasteiger partial charge on any atom is -0.496 e. The SMILES string of the molecule is COc1cccc(OC)c1C(=O)NCC1(OC)CCSC1. The molecule has 1 aliphatic rings. The molecule has 0 aliphatic carbocycles. The van der Waals surface area contributed by atoms with E-state index >= 15 is 0 Å². The van der Waals surface area contributed by atoms with Gasteiger partial charge in [0.1, 0.15) is 17.1 Å². The maximum absolute atomic E-state index is 12.5. The van der Waals surface area contributed by atoms with Crippen LogP contribution >= 0.6 is 11.8 Å². The Balaban J connectivity index is 2.13. The van der Waals surface area contributed by atoms with Crippen LogP contribution in [0.4, 0.5) is 0 Å². The summed E-state index contributed by atoms with van der Waals surface area (Å²) in [5.41, 5.74) is 0.148. The predicted octanol–water partition coefficient (Wildman–Crippen LogP) is 1.96. The van der Waals surface area contributed by atoms with Crippen molar-refractivity contribution in [1.29, 1.82) is 0 Å². The predicted molar refractivity (Wildman–Crippen MR) is 83.6 cm³/mol. The topological polar surface area (TPSA) is 56.8 Å². The van der Waals surface area contributed by atoms with Crippen molar-refractivity contribution in [3.8, 4) is 11.5 Å². The molecule has 0 saturated carbocycles. The molecule has 6 heteroatoms. The Morgan fingerprint density at radius 2 is 1.95 bits per heavy atom. The minimum atomic E-state index is -0.268. The second-order valence-electron chi connectivity index (χ2n) is 4.91.